The molecule has 1 aromatic carbocycles. The Morgan fingerprint density at radius 1 is 1.23 bits per heavy atom. The third-order valence-corrected chi connectivity index (χ3v) is 4.50. The van der Waals surface area contributed by atoms with E-state index < -0.39 is 5.60 Å². The molecule has 26 heavy (non-hydrogen) atoms. The Balaban J connectivity index is 1.85. The Kier molecular flexibility index (Phi) is 7.41. The van der Waals surface area contributed by atoms with Gasteiger partial charge in [0.25, 0.3) is 11.8 Å². The topological polar surface area (TPSA) is 77.1 Å². The fraction of sp³-hybridized carbons (Fsp3) is 0.579. The molecule has 0 aliphatic carbocycles. The van der Waals surface area contributed by atoms with Gasteiger partial charge in [0.15, 0.2) is 6.61 Å². The Labute approximate surface area is 154 Å². The SMILES string of the molecule is CCCC(C)(OC)C(=O)Nc1ccc(OCC(=O)N2CCOCC2)cc1. The van der Waals surface area contributed by atoms with Crippen LogP contribution in [0, 0.1) is 0 Å². The fourth-order valence-corrected chi connectivity index (χ4v) is 2.73. The zero-order chi connectivity index (χ0) is 19.0. The van der Waals surface area contributed by atoms with Crippen molar-refractivity contribution in [3.8, 4) is 5.75 Å². The van der Waals surface area contributed by atoms with E-state index in [1.54, 1.807) is 36.1 Å². The Hall–Kier alpha value is -2.12. The molecular weight excluding hydrogens is 336 g/mol. The summed E-state index contributed by atoms with van der Waals surface area (Å²) in [6.45, 7) is 6.11. The maximum Gasteiger partial charge on any atom is 0.260 e. The van der Waals surface area contributed by atoms with E-state index in [4.69, 9.17) is 14.2 Å². The maximum atomic E-state index is 12.4. The van der Waals surface area contributed by atoms with Gasteiger partial charge in [-0.05, 0) is 37.6 Å². The van der Waals surface area contributed by atoms with Crippen LogP contribution in [0.15, 0.2) is 24.3 Å². The Bertz CT molecular complexity index is 598. The number of benzene rings is 1. The summed E-state index contributed by atoms with van der Waals surface area (Å²) in [6, 6.07) is 6.95. The largest absolute Gasteiger partial charge is 0.484 e. The van der Waals surface area contributed by atoms with E-state index in [1.165, 1.54) is 7.11 Å². The van der Waals surface area contributed by atoms with Gasteiger partial charge in [0.2, 0.25) is 0 Å². The lowest BCUT2D eigenvalue weighted by molar-refractivity contribution is -0.137. The van der Waals surface area contributed by atoms with Crippen LogP contribution in [-0.4, -0.2) is 62.3 Å². The molecular formula is C19H28N2O5. The van der Waals surface area contributed by atoms with Gasteiger partial charge in [-0.25, -0.2) is 0 Å². The second-order valence-corrected chi connectivity index (χ2v) is 6.45. The number of carbonyl (C=O) groups is 2. The molecule has 1 saturated heterocycles. The molecule has 0 saturated carbocycles. The monoisotopic (exact) mass is 364 g/mol. The molecule has 1 unspecified atom stereocenters. The molecule has 2 rings (SSSR count). The van der Waals surface area contributed by atoms with Crippen LogP contribution >= 0.6 is 0 Å². The highest BCUT2D eigenvalue weighted by atomic mass is 16.5. The van der Waals surface area contributed by atoms with E-state index in [1.807, 2.05) is 6.92 Å². The van der Waals surface area contributed by atoms with E-state index >= 15 is 0 Å². The van der Waals surface area contributed by atoms with Crippen LogP contribution in [0.1, 0.15) is 26.7 Å². The number of nitrogens with zero attached hydrogens (tertiary/aromatic N) is 1. The fourth-order valence-electron chi connectivity index (χ4n) is 2.73. The van der Waals surface area contributed by atoms with Gasteiger partial charge in [0.1, 0.15) is 11.4 Å². The molecule has 1 aliphatic heterocycles. The Morgan fingerprint density at radius 2 is 1.88 bits per heavy atom. The number of hydrogen-bond acceptors (Lipinski definition) is 5. The summed E-state index contributed by atoms with van der Waals surface area (Å²) in [5.74, 6) is 0.340. The number of rotatable bonds is 8. The third-order valence-electron chi connectivity index (χ3n) is 4.50. The molecule has 1 N–H and O–H groups in total. The minimum absolute atomic E-state index is 0.00997. The molecule has 144 valence electrons. The number of ether oxygens (including phenoxy) is 3. The summed E-state index contributed by atoms with van der Waals surface area (Å²) >= 11 is 0. The zero-order valence-corrected chi connectivity index (χ0v) is 15.7. The first-order chi connectivity index (χ1) is 12.5. The van der Waals surface area contributed by atoms with Crippen molar-refractivity contribution in [1.29, 1.82) is 0 Å². The number of anilines is 1. The van der Waals surface area contributed by atoms with Crippen molar-refractivity contribution in [1.82, 2.24) is 4.90 Å². The van der Waals surface area contributed by atoms with Crippen LogP contribution < -0.4 is 10.1 Å². The van der Waals surface area contributed by atoms with Crippen LogP contribution in [0.25, 0.3) is 0 Å². The maximum absolute atomic E-state index is 12.4. The quantitative estimate of drug-likeness (QED) is 0.764. The van der Waals surface area contributed by atoms with Gasteiger partial charge in [-0.2, -0.15) is 0 Å². The van der Waals surface area contributed by atoms with Crippen LogP contribution in [0.2, 0.25) is 0 Å². The summed E-state index contributed by atoms with van der Waals surface area (Å²) in [5, 5.41) is 2.85. The van der Waals surface area contributed by atoms with Crippen LogP contribution in [0.5, 0.6) is 5.75 Å². The van der Waals surface area contributed by atoms with Crippen LogP contribution in [0.3, 0.4) is 0 Å². The standard InChI is InChI=1S/C19H28N2O5/c1-4-9-19(2,24-3)18(23)20-15-5-7-16(8-6-15)26-14-17(22)21-10-12-25-13-11-21/h5-8H,4,9-14H2,1-3H3,(H,20,23). The van der Waals surface area contributed by atoms with E-state index in [9.17, 15) is 9.59 Å². The summed E-state index contributed by atoms with van der Waals surface area (Å²) in [4.78, 5) is 26.2. The molecule has 1 aromatic rings. The summed E-state index contributed by atoms with van der Waals surface area (Å²) < 4.78 is 16.1. The molecule has 1 aliphatic rings. The number of amides is 2. The van der Waals surface area contributed by atoms with E-state index in [0.717, 1.165) is 6.42 Å². The Morgan fingerprint density at radius 3 is 2.46 bits per heavy atom. The predicted molar refractivity (Wildman–Crippen MR) is 98.3 cm³/mol. The van der Waals surface area contributed by atoms with Crippen molar-refractivity contribution >= 4 is 17.5 Å². The highest BCUT2D eigenvalue weighted by Crippen LogP contribution is 2.21. The number of hydrogen-bond donors (Lipinski definition) is 1. The van der Waals surface area contributed by atoms with Gasteiger partial charge >= 0.3 is 0 Å². The summed E-state index contributed by atoms with van der Waals surface area (Å²) in [7, 11) is 1.54. The average Bonchev–Trinajstić information content (AvgIpc) is 2.68. The van der Waals surface area contributed by atoms with Crippen molar-refractivity contribution in [3.05, 3.63) is 24.3 Å². The molecule has 1 heterocycles. The normalized spacial score (nSPS) is 16.7. The van der Waals surface area contributed by atoms with Crippen molar-refractivity contribution < 1.29 is 23.8 Å². The lowest BCUT2D eigenvalue weighted by Gasteiger charge is -2.27. The molecule has 1 fully saturated rings. The summed E-state index contributed by atoms with van der Waals surface area (Å²) in [6.07, 6.45) is 1.49. The molecule has 7 nitrogen and oxygen atoms in total. The van der Waals surface area contributed by atoms with Crippen molar-refractivity contribution in [3.63, 3.8) is 0 Å². The lowest BCUT2D eigenvalue weighted by Crippen LogP contribution is -2.43. The van der Waals surface area contributed by atoms with Crippen LogP contribution in [-0.2, 0) is 19.1 Å². The second-order valence-electron chi connectivity index (χ2n) is 6.45. The number of methoxy groups -OCH3 is 1. The highest BCUT2D eigenvalue weighted by Gasteiger charge is 2.32. The van der Waals surface area contributed by atoms with Gasteiger partial charge in [-0.1, -0.05) is 13.3 Å². The van der Waals surface area contributed by atoms with Crippen molar-refractivity contribution in [2.24, 2.45) is 0 Å². The van der Waals surface area contributed by atoms with Gasteiger partial charge in [-0.15, -0.1) is 0 Å². The zero-order valence-electron chi connectivity index (χ0n) is 15.7. The molecule has 0 radical (unpaired) electrons. The second kappa shape index (κ2) is 9.54. The summed E-state index contributed by atoms with van der Waals surface area (Å²) in [5.41, 5.74) is -0.199. The smallest absolute Gasteiger partial charge is 0.260 e. The minimum atomic E-state index is -0.853. The molecule has 0 aromatic heterocycles. The van der Waals surface area contributed by atoms with Gasteiger partial charge in [-0.3, -0.25) is 9.59 Å². The van der Waals surface area contributed by atoms with Crippen LogP contribution in [0.4, 0.5) is 5.69 Å². The molecule has 1 atom stereocenters. The lowest BCUT2D eigenvalue weighted by atomic mass is 9.99. The molecule has 7 heteroatoms. The first-order valence-electron chi connectivity index (χ1n) is 8.93. The number of morpholine rings is 1. The van der Waals surface area contributed by atoms with E-state index in [2.05, 4.69) is 5.32 Å². The number of carbonyl (C=O) groups excluding carboxylic acids is 2. The van der Waals surface area contributed by atoms with Crippen molar-refractivity contribution in [2.45, 2.75) is 32.3 Å². The minimum Gasteiger partial charge on any atom is -0.484 e. The number of nitrogens with one attached hydrogen (secondary N) is 1. The third kappa shape index (κ3) is 5.44. The van der Waals surface area contributed by atoms with Gasteiger partial charge < -0.3 is 24.4 Å². The van der Waals surface area contributed by atoms with E-state index in [-0.39, 0.29) is 18.4 Å². The first kappa shape index (κ1) is 20.2. The van der Waals surface area contributed by atoms with Crippen molar-refractivity contribution in [2.75, 3.05) is 45.3 Å². The predicted octanol–water partition coefficient (Wildman–Crippen LogP) is 2.07. The van der Waals surface area contributed by atoms with Gasteiger partial charge in [0, 0.05) is 25.9 Å². The average molecular weight is 364 g/mol. The first-order valence-corrected chi connectivity index (χ1v) is 8.93. The molecule has 0 spiro atoms. The van der Waals surface area contributed by atoms with Gasteiger partial charge in [0.05, 0.1) is 13.2 Å². The molecule has 0 bridgehead atoms. The molecule has 2 amide bonds. The van der Waals surface area contributed by atoms with E-state index in [0.29, 0.717) is 44.2 Å². The highest BCUT2D eigenvalue weighted by molar-refractivity contribution is 5.97.